The Kier molecular flexibility index (Phi) is 4.37. The molecule has 0 aliphatic heterocycles. The number of thiazole rings is 1. The first-order valence-electron chi connectivity index (χ1n) is 8.29. The lowest BCUT2D eigenvalue weighted by atomic mass is 10.1. The lowest BCUT2D eigenvalue weighted by Gasteiger charge is -2.06. The molecule has 4 aromatic rings. The number of hydrogen-bond donors (Lipinski definition) is 0. The van der Waals surface area contributed by atoms with E-state index in [1.807, 2.05) is 49.4 Å². The molecule has 136 valence electrons. The molecule has 0 N–H and O–H groups in total. The lowest BCUT2D eigenvalue weighted by Crippen LogP contribution is -2.23. The Hall–Kier alpha value is -3.19. The summed E-state index contributed by atoms with van der Waals surface area (Å²) in [4.78, 5) is 13.6. The van der Waals surface area contributed by atoms with Crippen molar-refractivity contribution in [2.75, 3.05) is 14.2 Å². The van der Waals surface area contributed by atoms with Gasteiger partial charge in [-0.15, -0.1) is 10.2 Å². The number of ether oxygens (including phenoxy) is 2. The zero-order chi connectivity index (χ0) is 19.0. The van der Waals surface area contributed by atoms with E-state index in [9.17, 15) is 4.79 Å². The highest BCUT2D eigenvalue weighted by Crippen LogP contribution is 2.25. The fraction of sp³-hybridized carbons (Fsp3) is 0.150. The summed E-state index contributed by atoms with van der Waals surface area (Å²) in [6, 6.07) is 13.3. The maximum Gasteiger partial charge on any atom is 0.276 e. The fourth-order valence-electron chi connectivity index (χ4n) is 2.85. The topological polar surface area (TPSA) is 65.7 Å². The van der Waals surface area contributed by atoms with Gasteiger partial charge in [-0.3, -0.25) is 4.79 Å². The van der Waals surface area contributed by atoms with Crippen molar-refractivity contribution in [3.05, 3.63) is 68.5 Å². The maximum absolute atomic E-state index is 13.0. The molecule has 0 saturated heterocycles. The lowest BCUT2D eigenvalue weighted by molar-refractivity contribution is 0.402. The van der Waals surface area contributed by atoms with E-state index < -0.39 is 0 Å². The van der Waals surface area contributed by atoms with Crippen LogP contribution in [0.2, 0.25) is 0 Å². The predicted molar refractivity (Wildman–Crippen MR) is 106 cm³/mol. The summed E-state index contributed by atoms with van der Waals surface area (Å²) in [5.74, 6) is 1.90. The minimum absolute atomic E-state index is 0.152. The van der Waals surface area contributed by atoms with Crippen LogP contribution in [0.3, 0.4) is 0 Å². The molecule has 6 nitrogen and oxygen atoms in total. The number of methoxy groups -OCH3 is 2. The molecule has 4 rings (SSSR count). The molecule has 0 bridgehead atoms. The number of rotatable bonds is 4. The summed E-state index contributed by atoms with van der Waals surface area (Å²) >= 11 is 1.29. The number of benzene rings is 2. The number of hydrogen-bond acceptors (Lipinski definition) is 6. The van der Waals surface area contributed by atoms with Gasteiger partial charge in [0, 0.05) is 11.1 Å². The minimum Gasteiger partial charge on any atom is -0.497 e. The van der Waals surface area contributed by atoms with Gasteiger partial charge in [0.15, 0.2) is 5.82 Å². The monoisotopic (exact) mass is 379 g/mol. The number of aromatic nitrogens is 3. The molecule has 2 heterocycles. The van der Waals surface area contributed by atoms with Crippen molar-refractivity contribution >= 4 is 22.4 Å². The molecule has 0 fully saturated rings. The van der Waals surface area contributed by atoms with Gasteiger partial charge in [-0.1, -0.05) is 41.2 Å². The summed E-state index contributed by atoms with van der Waals surface area (Å²) in [5.41, 5.74) is 2.61. The van der Waals surface area contributed by atoms with Crippen molar-refractivity contribution in [2.45, 2.75) is 6.92 Å². The molecule has 27 heavy (non-hydrogen) atoms. The van der Waals surface area contributed by atoms with Crippen LogP contribution in [0, 0.1) is 6.92 Å². The van der Waals surface area contributed by atoms with E-state index in [0.717, 1.165) is 16.7 Å². The van der Waals surface area contributed by atoms with Crippen LogP contribution in [0.25, 0.3) is 22.4 Å². The van der Waals surface area contributed by atoms with E-state index in [4.69, 9.17) is 9.47 Å². The molecular formula is C20H17N3O3S. The number of aryl methyl sites for hydroxylation is 1. The number of nitrogens with zero attached hydrogens (tertiary/aromatic N) is 3. The van der Waals surface area contributed by atoms with Crippen LogP contribution in [0.15, 0.2) is 47.3 Å². The third-order valence-electron chi connectivity index (χ3n) is 4.28. The van der Waals surface area contributed by atoms with Gasteiger partial charge in [0.05, 0.1) is 18.8 Å². The van der Waals surface area contributed by atoms with E-state index in [2.05, 4.69) is 10.2 Å². The second-order valence-electron chi connectivity index (χ2n) is 6.03. The van der Waals surface area contributed by atoms with Crippen molar-refractivity contribution in [1.82, 2.24) is 14.6 Å². The summed E-state index contributed by atoms with van der Waals surface area (Å²) in [6.45, 7) is 2.02. The van der Waals surface area contributed by atoms with Crippen molar-refractivity contribution in [1.29, 1.82) is 0 Å². The van der Waals surface area contributed by atoms with Crippen LogP contribution in [0.1, 0.15) is 11.1 Å². The van der Waals surface area contributed by atoms with Crippen LogP contribution >= 0.6 is 11.3 Å². The SMILES string of the molecule is COc1ccc(OC)c(C=c2sc3nnc(-c4ccc(C)cc4)n3c2=O)c1. The molecule has 0 spiro atoms. The van der Waals surface area contributed by atoms with Gasteiger partial charge in [0.2, 0.25) is 4.96 Å². The van der Waals surface area contributed by atoms with Crippen molar-refractivity contribution < 1.29 is 9.47 Å². The third-order valence-corrected chi connectivity index (χ3v) is 5.24. The molecular weight excluding hydrogens is 362 g/mol. The van der Waals surface area contributed by atoms with E-state index in [0.29, 0.717) is 26.8 Å². The van der Waals surface area contributed by atoms with E-state index >= 15 is 0 Å². The van der Waals surface area contributed by atoms with E-state index in [-0.39, 0.29) is 5.56 Å². The quantitative estimate of drug-likeness (QED) is 0.545. The Balaban J connectivity index is 1.90. The largest absolute Gasteiger partial charge is 0.497 e. The molecule has 2 aromatic carbocycles. The maximum atomic E-state index is 13.0. The second-order valence-corrected chi connectivity index (χ2v) is 7.04. The molecule has 0 saturated carbocycles. The van der Waals surface area contributed by atoms with Crippen LogP contribution in [-0.2, 0) is 0 Å². The van der Waals surface area contributed by atoms with E-state index in [1.165, 1.54) is 11.3 Å². The predicted octanol–water partition coefficient (Wildman–Crippen LogP) is 2.69. The van der Waals surface area contributed by atoms with Gasteiger partial charge in [-0.25, -0.2) is 4.40 Å². The van der Waals surface area contributed by atoms with Crippen LogP contribution < -0.4 is 19.6 Å². The Morgan fingerprint density at radius 3 is 2.52 bits per heavy atom. The highest BCUT2D eigenvalue weighted by Gasteiger charge is 2.14. The van der Waals surface area contributed by atoms with Gasteiger partial charge >= 0.3 is 0 Å². The average Bonchev–Trinajstić information content (AvgIpc) is 3.23. The zero-order valence-electron chi connectivity index (χ0n) is 15.1. The molecule has 0 amide bonds. The molecule has 7 heteroatoms. The minimum atomic E-state index is -0.152. The summed E-state index contributed by atoms with van der Waals surface area (Å²) in [7, 11) is 3.20. The molecule has 0 aliphatic rings. The van der Waals surface area contributed by atoms with E-state index in [1.54, 1.807) is 24.7 Å². The van der Waals surface area contributed by atoms with Crippen molar-refractivity contribution in [3.8, 4) is 22.9 Å². The first-order chi connectivity index (χ1) is 13.1. The molecule has 2 aromatic heterocycles. The van der Waals surface area contributed by atoms with Gasteiger partial charge in [-0.2, -0.15) is 0 Å². The molecule has 0 unspecified atom stereocenters. The Bertz CT molecular complexity index is 1230. The Morgan fingerprint density at radius 1 is 1.04 bits per heavy atom. The third kappa shape index (κ3) is 3.06. The summed E-state index contributed by atoms with van der Waals surface area (Å²) in [5, 5.41) is 8.36. The standard InChI is InChI=1S/C20H17N3O3S/c1-12-4-6-13(7-5-12)18-21-22-20-23(18)19(24)17(27-20)11-14-10-15(25-2)8-9-16(14)26-3/h4-11H,1-3H3. The van der Waals surface area contributed by atoms with Gasteiger partial charge < -0.3 is 9.47 Å². The average molecular weight is 379 g/mol. The molecule has 0 atom stereocenters. The first-order valence-corrected chi connectivity index (χ1v) is 9.11. The highest BCUT2D eigenvalue weighted by molar-refractivity contribution is 7.15. The fourth-order valence-corrected chi connectivity index (χ4v) is 3.75. The first kappa shape index (κ1) is 17.2. The molecule has 0 aliphatic carbocycles. The highest BCUT2D eigenvalue weighted by atomic mass is 32.1. The second kappa shape index (κ2) is 6.85. The molecule has 0 radical (unpaired) electrons. The van der Waals surface area contributed by atoms with Gasteiger partial charge in [-0.05, 0) is 31.2 Å². The Labute approximate surface area is 159 Å². The summed E-state index contributed by atoms with van der Waals surface area (Å²) in [6.07, 6.45) is 1.79. The van der Waals surface area contributed by atoms with Crippen molar-refractivity contribution in [2.24, 2.45) is 0 Å². The van der Waals surface area contributed by atoms with Crippen LogP contribution in [0.4, 0.5) is 0 Å². The number of fused-ring (bicyclic) bond motifs is 1. The van der Waals surface area contributed by atoms with Crippen LogP contribution in [0.5, 0.6) is 11.5 Å². The van der Waals surface area contributed by atoms with Crippen molar-refractivity contribution in [3.63, 3.8) is 0 Å². The smallest absolute Gasteiger partial charge is 0.276 e. The normalized spacial score (nSPS) is 11.9. The van der Waals surface area contributed by atoms with Gasteiger partial charge in [0.25, 0.3) is 5.56 Å². The van der Waals surface area contributed by atoms with Gasteiger partial charge in [0.1, 0.15) is 11.5 Å². The van der Waals surface area contributed by atoms with Crippen LogP contribution in [-0.4, -0.2) is 28.8 Å². The Morgan fingerprint density at radius 2 is 1.81 bits per heavy atom. The zero-order valence-corrected chi connectivity index (χ0v) is 15.9. The summed E-state index contributed by atoms with van der Waals surface area (Å²) < 4.78 is 12.8.